The van der Waals surface area contributed by atoms with Crippen LogP contribution in [-0.4, -0.2) is 10.9 Å². The number of carbonyl (C=O) groups is 1. The first kappa shape index (κ1) is 15.2. The van der Waals surface area contributed by atoms with E-state index in [9.17, 15) is 10.1 Å². The first-order chi connectivity index (χ1) is 9.07. The Kier molecular flexibility index (Phi) is 5.50. The van der Waals surface area contributed by atoms with Crippen LogP contribution in [0, 0.1) is 23.7 Å². The highest BCUT2D eigenvalue weighted by molar-refractivity contribution is 5.96. The summed E-state index contributed by atoms with van der Waals surface area (Å²) in [5, 5.41) is 12.2. The number of anilines is 1. The van der Waals surface area contributed by atoms with Crippen molar-refractivity contribution >= 4 is 11.7 Å². The lowest BCUT2D eigenvalue weighted by atomic mass is 9.80. The molecule has 19 heavy (non-hydrogen) atoms. The van der Waals surface area contributed by atoms with Crippen molar-refractivity contribution in [3.8, 4) is 6.07 Å². The third-order valence-corrected chi connectivity index (χ3v) is 3.16. The molecule has 1 amide bonds. The Morgan fingerprint density at radius 2 is 2.00 bits per heavy atom. The van der Waals surface area contributed by atoms with Crippen molar-refractivity contribution < 1.29 is 4.79 Å². The first-order valence-corrected chi connectivity index (χ1v) is 6.73. The van der Waals surface area contributed by atoms with Gasteiger partial charge in [0.25, 0.3) is 0 Å². The summed E-state index contributed by atoms with van der Waals surface area (Å²) in [5.74, 6) is 0.262. The molecule has 1 heterocycles. The first-order valence-electron chi connectivity index (χ1n) is 6.73. The molecule has 0 aliphatic heterocycles. The zero-order valence-corrected chi connectivity index (χ0v) is 11.9. The molecule has 0 saturated heterocycles. The topological polar surface area (TPSA) is 65.8 Å². The predicted molar refractivity (Wildman–Crippen MR) is 75.5 cm³/mol. The van der Waals surface area contributed by atoms with E-state index in [1.165, 1.54) is 0 Å². The molecule has 0 bridgehead atoms. The van der Waals surface area contributed by atoms with Crippen LogP contribution in [0.2, 0.25) is 0 Å². The Labute approximate surface area is 114 Å². The second-order valence-corrected chi connectivity index (χ2v) is 4.87. The third kappa shape index (κ3) is 3.78. The minimum atomic E-state index is -0.934. The number of nitrogens with zero attached hydrogens (tertiary/aromatic N) is 2. The van der Waals surface area contributed by atoms with Gasteiger partial charge >= 0.3 is 0 Å². The van der Waals surface area contributed by atoms with Gasteiger partial charge in [0.05, 0.1) is 6.07 Å². The van der Waals surface area contributed by atoms with Crippen LogP contribution < -0.4 is 5.32 Å². The molecule has 1 aromatic rings. The minimum absolute atomic E-state index is 0.241. The zero-order chi connectivity index (χ0) is 14.3. The molecule has 0 spiro atoms. The number of nitriles is 1. The molecule has 0 aliphatic carbocycles. The monoisotopic (exact) mass is 259 g/mol. The van der Waals surface area contributed by atoms with Gasteiger partial charge in [-0.3, -0.25) is 4.79 Å². The second-order valence-electron chi connectivity index (χ2n) is 4.87. The van der Waals surface area contributed by atoms with Crippen LogP contribution >= 0.6 is 0 Å². The molecular formula is C15H21N3O. The number of hydrogen-bond donors (Lipinski definition) is 1. The fourth-order valence-electron chi connectivity index (χ4n) is 2.15. The van der Waals surface area contributed by atoms with E-state index in [-0.39, 0.29) is 5.91 Å². The molecule has 4 heteroatoms. The van der Waals surface area contributed by atoms with Crippen molar-refractivity contribution in [2.24, 2.45) is 5.41 Å². The fourth-order valence-corrected chi connectivity index (χ4v) is 2.15. The smallest absolute Gasteiger partial charge is 0.246 e. The zero-order valence-electron chi connectivity index (χ0n) is 11.9. The van der Waals surface area contributed by atoms with Crippen LogP contribution in [0.5, 0.6) is 0 Å². The highest BCUT2D eigenvalue weighted by Crippen LogP contribution is 2.30. The highest BCUT2D eigenvalue weighted by Gasteiger charge is 2.37. The molecule has 0 atom stereocenters. The van der Waals surface area contributed by atoms with E-state index in [0.29, 0.717) is 18.7 Å². The van der Waals surface area contributed by atoms with E-state index < -0.39 is 5.41 Å². The predicted octanol–water partition coefficient (Wildman–Crippen LogP) is 3.44. The summed E-state index contributed by atoms with van der Waals surface area (Å²) < 4.78 is 0. The van der Waals surface area contributed by atoms with E-state index in [1.54, 1.807) is 12.3 Å². The summed E-state index contributed by atoms with van der Waals surface area (Å²) in [6.45, 7) is 5.91. The number of amides is 1. The minimum Gasteiger partial charge on any atom is -0.309 e. The third-order valence-electron chi connectivity index (χ3n) is 3.16. The number of carbonyl (C=O) groups excluding carboxylic acids is 1. The van der Waals surface area contributed by atoms with Gasteiger partial charge in [-0.25, -0.2) is 4.98 Å². The second kappa shape index (κ2) is 6.89. The fraction of sp³-hybridized carbons (Fsp3) is 0.533. The molecule has 1 aromatic heterocycles. The SMILES string of the molecule is CCCC(C#N)(CCC)C(=O)Nc1ccc(C)cn1. The van der Waals surface area contributed by atoms with Gasteiger partial charge in [-0.1, -0.05) is 32.8 Å². The summed E-state index contributed by atoms with van der Waals surface area (Å²) in [6.07, 6.45) is 4.47. The van der Waals surface area contributed by atoms with Crippen LogP contribution in [0.15, 0.2) is 18.3 Å². The molecule has 0 radical (unpaired) electrons. The van der Waals surface area contributed by atoms with E-state index in [2.05, 4.69) is 16.4 Å². The normalized spacial score (nSPS) is 10.8. The number of hydrogen-bond acceptors (Lipinski definition) is 3. The van der Waals surface area contributed by atoms with E-state index in [4.69, 9.17) is 0 Å². The lowest BCUT2D eigenvalue weighted by Gasteiger charge is -2.24. The van der Waals surface area contributed by atoms with Gasteiger partial charge in [0.1, 0.15) is 11.2 Å². The summed E-state index contributed by atoms with van der Waals surface area (Å²) in [4.78, 5) is 16.5. The molecule has 0 aromatic carbocycles. The Morgan fingerprint density at radius 3 is 2.42 bits per heavy atom. The maximum absolute atomic E-state index is 12.4. The number of pyridine rings is 1. The van der Waals surface area contributed by atoms with Gasteiger partial charge in [0, 0.05) is 6.20 Å². The van der Waals surface area contributed by atoms with E-state index in [1.807, 2.05) is 26.8 Å². The van der Waals surface area contributed by atoms with Crippen LogP contribution in [0.4, 0.5) is 5.82 Å². The standard InChI is InChI=1S/C15H21N3O/c1-4-8-15(11-16,9-5-2)14(19)18-13-7-6-12(3)10-17-13/h6-7,10H,4-5,8-9H2,1-3H3,(H,17,18,19). The van der Waals surface area contributed by atoms with Crippen LogP contribution in [0.1, 0.15) is 45.1 Å². The molecule has 0 unspecified atom stereocenters. The Balaban J connectivity index is 2.88. The van der Waals surface area contributed by atoms with Crippen molar-refractivity contribution in [2.75, 3.05) is 5.32 Å². The van der Waals surface area contributed by atoms with Gasteiger partial charge < -0.3 is 5.32 Å². The number of rotatable bonds is 6. The number of nitrogens with one attached hydrogen (secondary N) is 1. The lowest BCUT2D eigenvalue weighted by Crippen LogP contribution is -2.35. The molecule has 1 N–H and O–H groups in total. The van der Waals surface area contributed by atoms with Crippen LogP contribution in [0.3, 0.4) is 0 Å². The van der Waals surface area contributed by atoms with Gasteiger partial charge in [-0.15, -0.1) is 0 Å². The Hall–Kier alpha value is -1.89. The van der Waals surface area contributed by atoms with Gasteiger partial charge in [-0.05, 0) is 31.4 Å². The van der Waals surface area contributed by atoms with Crippen molar-refractivity contribution in [1.82, 2.24) is 4.98 Å². The maximum atomic E-state index is 12.4. The van der Waals surface area contributed by atoms with Gasteiger partial charge in [-0.2, -0.15) is 5.26 Å². The largest absolute Gasteiger partial charge is 0.309 e. The lowest BCUT2D eigenvalue weighted by molar-refractivity contribution is -0.123. The summed E-state index contributed by atoms with van der Waals surface area (Å²) in [6, 6.07) is 5.85. The van der Waals surface area contributed by atoms with Gasteiger partial charge in [0.2, 0.25) is 5.91 Å². The number of aryl methyl sites for hydroxylation is 1. The van der Waals surface area contributed by atoms with Crippen molar-refractivity contribution in [3.63, 3.8) is 0 Å². The molecule has 4 nitrogen and oxygen atoms in total. The molecule has 102 valence electrons. The van der Waals surface area contributed by atoms with Crippen molar-refractivity contribution in [3.05, 3.63) is 23.9 Å². The summed E-state index contributed by atoms with van der Waals surface area (Å²) in [7, 11) is 0. The molecule has 1 rings (SSSR count). The maximum Gasteiger partial charge on any atom is 0.246 e. The average molecular weight is 259 g/mol. The number of aromatic nitrogens is 1. The molecule has 0 saturated carbocycles. The van der Waals surface area contributed by atoms with E-state index >= 15 is 0 Å². The average Bonchev–Trinajstić information content (AvgIpc) is 2.41. The van der Waals surface area contributed by atoms with Crippen LogP contribution in [-0.2, 0) is 4.79 Å². The molecular weight excluding hydrogens is 238 g/mol. The summed E-state index contributed by atoms with van der Waals surface area (Å²) in [5.41, 5.74) is 0.0995. The quantitative estimate of drug-likeness (QED) is 0.851. The van der Waals surface area contributed by atoms with Crippen LogP contribution in [0.25, 0.3) is 0 Å². The molecule has 0 aliphatic rings. The van der Waals surface area contributed by atoms with Crippen molar-refractivity contribution in [1.29, 1.82) is 5.26 Å². The Morgan fingerprint density at radius 1 is 1.37 bits per heavy atom. The Bertz CT molecular complexity index is 453. The van der Waals surface area contributed by atoms with Crippen molar-refractivity contribution in [2.45, 2.75) is 46.5 Å². The van der Waals surface area contributed by atoms with E-state index in [0.717, 1.165) is 18.4 Å². The van der Waals surface area contributed by atoms with Gasteiger partial charge in [0.15, 0.2) is 0 Å². The highest BCUT2D eigenvalue weighted by atomic mass is 16.2. The molecule has 0 fully saturated rings. The summed E-state index contributed by atoms with van der Waals surface area (Å²) >= 11 is 0.